The molecule has 0 radical (unpaired) electrons. The van der Waals surface area contributed by atoms with Crippen molar-refractivity contribution in [1.29, 1.82) is 0 Å². The van der Waals surface area contributed by atoms with Gasteiger partial charge in [-0.05, 0) is 12.1 Å². The quantitative estimate of drug-likeness (QED) is 0.513. The lowest BCUT2D eigenvalue weighted by atomic mass is 10.2. The molecule has 0 bridgehead atoms. The fourth-order valence-electron chi connectivity index (χ4n) is 2.54. The minimum absolute atomic E-state index is 0.0778. The Bertz CT molecular complexity index is 1020. The zero-order valence-corrected chi connectivity index (χ0v) is 16.4. The average molecular weight is 426 g/mol. The lowest BCUT2D eigenvalue weighted by Gasteiger charge is -2.17. The van der Waals surface area contributed by atoms with E-state index in [2.05, 4.69) is 20.0 Å². The van der Waals surface area contributed by atoms with Gasteiger partial charge in [-0.2, -0.15) is 13.2 Å². The van der Waals surface area contributed by atoms with Crippen molar-refractivity contribution in [1.82, 2.24) is 9.97 Å². The summed E-state index contributed by atoms with van der Waals surface area (Å²) in [6, 6.07) is 10.1. The third-order valence-electron chi connectivity index (χ3n) is 3.78. The summed E-state index contributed by atoms with van der Waals surface area (Å²) in [6.45, 7) is 0. The Kier molecular flexibility index (Phi) is 6.06. The number of nitrogens with zero attached hydrogens (tertiary/aromatic N) is 2. The third-order valence-corrected chi connectivity index (χ3v) is 4.30. The van der Waals surface area contributed by atoms with Gasteiger partial charge in [-0.15, -0.1) is 0 Å². The lowest BCUT2D eigenvalue weighted by Crippen LogP contribution is -2.09. The summed E-state index contributed by atoms with van der Waals surface area (Å²) in [4.78, 5) is 8.66. The highest BCUT2D eigenvalue weighted by Gasteiger charge is 2.30. The monoisotopic (exact) mass is 426 g/mol. The first kappa shape index (κ1) is 20.6. The molecule has 0 spiro atoms. The minimum atomic E-state index is -4.50. The summed E-state index contributed by atoms with van der Waals surface area (Å²) in [5, 5.41) is 2.97. The van der Waals surface area contributed by atoms with Crippen LogP contribution in [0.1, 0.15) is 0 Å². The molecule has 0 atom stereocenters. The van der Waals surface area contributed by atoms with Crippen LogP contribution in [-0.4, -0.2) is 36.8 Å². The molecule has 1 aromatic heterocycles. The summed E-state index contributed by atoms with van der Waals surface area (Å²) in [7, 11) is 4.39. The second-order valence-corrected chi connectivity index (χ2v) is 6.47. The lowest BCUT2D eigenvalue weighted by molar-refractivity contribution is -0.0323. The first-order chi connectivity index (χ1) is 13.8. The number of anilines is 3. The molecule has 3 aromatic rings. The maximum Gasteiger partial charge on any atom is 0.461 e. The number of aromatic nitrogens is 2. The highest BCUT2D eigenvalue weighted by molar-refractivity contribution is 8.01. The Balaban J connectivity index is 2.09. The average Bonchev–Trinajstić information content (AvgIpc) is 2.70. The first-order valence-electron chi connectivity index (χ1n) is 8.19. The molecule has 0 unspecified atom stereocenters. The molecule has 7 nitrogen and oxygen atoms in total. The normalized spacial score (nSPS) is 11.2. The van der Waals surface area contributed by atoms with E-state index in [-0.39, 0.29) is 11.6 Å². The summed E-state index contributed by atoms with van der Waals surface area (Å²) >= 11 is -0.428. The number of fused-ring (bicyclic) bond motifs is 1. The largest absolute Gasteiger partial charge is 0.497 e. The molecule has 2 N–H and O–H groups in total. The standard InChI is InChI=1S/C18H17F3N4O3S/c1-26-10-8-13(15(28-3)14(9-10)27-2)24-16-17(25-29-18(19,20)21)23-12-7-5-4-6-11(12)22-16/h4-9H,1-3H3,(H,22,24)(H,23,25). The summed E-state index contributed by atoms with van der Waals surface area (Å²) in [5.74, 6) is 1.15. The SMILES string of the molecule is COc1cc(Nc2nc3ccccc3nc2NSC(F)(F)F)c(OC)c(OC)c1. The van der Waals surface area contributed by atoms with Gasteiger partial charge in [0.2, 0.25) is 0 Å². The van der Waals surface area contributed by atoms with Crippen molar-refractivity contribution < 1.29 is 27.4 Å². The molecule has 0 fully saturated rings. The van der Waals surface area contributed by atoms with Gasteiger partial charge in [0, 0.05) is 12.1 Å². The molecule has 0 aliphatic heterocycles. The van der Waals surface area contributed by atoms with Crippen LogP contribution >= 0.6 is 11.9 Å². The Morgan fingerprint density at radius 1 is 0.897 bits per heavy atom. The van der Waals surface area contributed by atoms with Crippen molar-refractivity contribution in [2.24, 2.45) is 0 Å². The van der Waals surface area contributed by atoms with E-state index in [1.54, 1.807) is 36.4 Å². The van der Waals surface area contributed by atoms with Crippen LogP contribution in [0.4, 0.5) is 30.5 Å². The zero-order valence-electron chi connectivity index (χ0n) is 15.6. The van der Waals surface area contributed by atoms with Crippen LogP contribution in [0, 0.1) is 0 Å². The molecular formula is C18H17F3N4O3S. The third kappa shape index (κ3) is 4.86. The maximum atomic E-state index is 12.7. The Morgan fingerprint density at radius 3 is 2.10 bits per heavy atom. The van der Waals surface area contributed by atoms with E-state index in [4.69, 9.17) is 14.2 Å². The molecule has 3 rings (SSSR count). The van der Waals surface area contributed by atoms with Crippen molar-refractivity contribution in [3.05, 3.63) is 36.4 Å². The van der Waals surface area contributed by atoms with Crippen molar-refractivity contribution in [2.45, 2.75) is 5.51 Å². The maximum absolute atomic E-state index is 12.7. The summed E-state index contributed by atoms with van der Waals surface area (Å²) in [6.07, 6.45) is 0. The van der Waals surface area contributed by atoms with Crippen LogP contribution in [0.3, 0.4) is 0 Å². The smallest absolute Gasteiger partial charge is 0.461 e. The number of benzene rings is 2. The zero-order chi connectivity index (χ0) is 21.0. The first-order valence-corrected chi connectivity index (χ1v) is 9.01. The number of halogens is 3. The highest BCUT2D eigenvalue weighted by Crippen LogP contribution is 2.42. The van der Waals surface area contributed by atoms with E-state index < -0.39 is 17.5 Å². The summed E-state index contributed by atoms with van der Waals surface area (Å²) < 4.78 is 56.3. The molecule has 29 heavy (non-hydrogen) atoms. The van der Waals surface area contributed by atoms with Gasteiger partial charge in [0.25, 0.3) is 0 Å². The molecule has 0 aliphatic rings. The minimum Gasteiger partial charge on any atom is -0.497 e. The highest BCUT2D eigenvalue weighted by atomic mass is 32.2. The van der Waals surface area contributed by atoms with Gasteiger partial charge in [0.05, 0.1) is 50.0 Å². The number of para-hydroxylation sites is 2. The van der Waals surface area contributed by atoms with Gasteiger partial charge >= 0.3 is 5.51 Å². The predicted octanol–water partition coefficient (Wildman–Crippen LogP) is 4.98. The Hall–Kier alpha value is -3.08. The molecule has 11 heteroatoms. The van der Waals surface area contributed by atoms with Crippen molar-refractivity contribution in [3.8, 4) is 17.2 Å². The second-order valence-electron chi connectivity index (χ2n) is 5.59. The van der Waals surface area contributed by atoms with Gasteiger partial charge in [-0.1, -0.05) is 12.1 Å². The van der Waals surface area contributed by atoms with Crippen molar-refractivity contribution in [3.63, 3.8) is 0 Å². The number of ether oxygens (including phenoxy) is 3. The van der Waals surface area contributed by atoms with Gasteiger partial charge in [-0.25, -0.2) is 9.97 Å². The van der Waals surface area contributed by atoms with Crippen LogP contribution in [0.15, 0.2) is 36.4 Å². The number of rotatable bonds is 7. The van der Waals surface area contributed by atoms with Crippen LogP contribution in [0.2, 0.25) is 0 Å². The van der Waals surface area contributed by atoms with Crippen molar-refractivity contribution >= 4 is 40.3 Å². The molecule has 0 aliphatic carbocycles. The topological polar surface area (TPSA) is 77.5 Å². The molecular weight excluding hydrogens is 409 g/mol. The van der Waals surface area contributed by atoms with Crippen LogP contribution in [0.25, 0.3) is 11.0 Å². The molecule has 1 heterocycles. The number of alkyl halides is 3. The van der Waals surface area contributed by atoms with E-state index in [0.717, 1.165) is 0 Å². The van der Waals surface area contributed by atoms with E-state index in [1.165, 1.54) is 21.3 Å². The number of nitrogens with one attached hydrogen (secondary N) is 2. The van der Waals surface area contributed by atoms with E-state index in [9.17, 15) is 13.2 Å². The molecule has 2 aromatic carbocycles. The van der Waals surface area contributed by atoms with Crippen molar-refractivity contribution in [2.75, 3.05) is 31.4 Å². The molecule has 0 saturated carbocycles. The van der Waals surface area contributed by atoms with E-state index in [0.29, 0.717) is 34.0 Å². The summed E-state index contributed by atoms with van der Waals surface area (Å²) in [5.41, 5.74) is -3.17. The number of hydrogen-bond acceptors (Lipinski definition) is 8. The van der Waals surface area contributed by atoms with Gasteiger partial charge in [0.1, 0.15) is 5.75 Å². The van der Waals surface area contributed by atoms with Gasteiger partial charge in [-0.3, -0.25) is 0 Å². The van der Waals surface area contributed by atoms with E-state index >= 15 is 0 Å². The second kappa shape index (κ2) is 8.52. The van der Waals surface area contributed by atoms with Crippen LogP contribution in [-0.2, 0) is 0 Å². The fourth-order valence-corrected chi connectivity index (χ4v) is 2.90. The predicted molar refractivity (Wildman–Crippen MR) is 106 cm³/mol. The van der Waals surface area contributed by atoms with Crippen LogP contribution < -0.4 is 24.2 Å². The van der Waals surface area contributed by atoms with Crippen LogP contribution in [0.5, 0.6) is 17.2 Å². The number of hydrogen-bond donors (Lipinski definition) is 2. The molecule has 154 valence electrons. The van der Waals surface area contributed by atoms with Gasteiger partial charge < -0.3 is 24.2 Å². The molecule has 0 saturated heterocycles. The Morgan fingerprint density at radius 2 is 1.55 bits per heavy atom. The fraction of sp³-hybridized carbons (Fsp3) is 0.222. The van der Waals surface area contributed by atoms with Gasteiger partial charge in [0.15, 0.2) is 23.1 Å². The Labute approximate surface area is 168 Å². The number of methoxy groups -OCH3 is 3. The molecule has 0 amide bonds. The van der Waals surface area contributed by atoms with E-state index in [1.807, 2.05) is 0 Å².